The Hall–Kier alpha value is -2.27. The Morgan fingerprint density at radius 1 is 1.21 bits per heavy atom. The van der Waals surface area contributed by atoms with Crippen LogP contribution in [-0.2, 0) is 6.54 Å². The molecule has 0 amide bonds. The van der Waals surface area contributed by atoms with Gasteiger partial charge in [0.15, 0.2) is 0 Å². The molecule has 0 unspecified atom stereocenters. The van der Waals surface area contributed by atoms with E-state index in [0.29, 0.717) is 17.5 Å². The van der Waals surface area contributed by atoms with E-state index in [1.54, 1.807) is 0 Å². The Labute approximate surface area is 114 Å². The molecule has 3 aromatic rings. The lowest BCUT2D eigenvalue weighted by molar-refractivity contribution is 0.531. The number of nitrogens with zero attached hydrogens (tertiary/aromatic N) is 2. The van der Waals surface area contributed by atoms with Crippen LogP contribution in [0.1, 0.15) is 5.76 Å². The van der Waals surface area contributed by atoms with Gasteiger partial charge in [-0.15, -0.1) is 0 Å². The predicted octanol–water partition coefficient (Wildman–Crippen LogP) is 3.33. The highest BCUT2D eigenvalue weighted by atomic mass is 35.5. The Balaban J connectivity index is 1.75. The van der Waals surface area contributed by atoms with Gasteiger partial charge in [0.2, 0.25) is 5.95 Å². The number of furan rings is 1. The van der Waals surface area contributed by atoms with Gasteiger partial charge >= 0.3 is 0 Å². The molecule has 5 nitrogen and oxygen atoms in total. The number of H-pyrrole nitrogens is 1. The number of aromatic amines is 1. The van der Waals surface area contributed by atoms with E-state index >= 15 is 0 Å². The lowest BCUT2D eigenvalue weighted by Gasteiger charge is -2.01. The molecule has 0 spiro atoms. The maximum Gasteiger partial charge on any atom is 0.218 e. The number of halogens is 1. The van der Waals surface area contributed by atoms with Crippen LogP contribution in [0.15, 0.2) is 47.1 Å². The average Bonchev–Trinajstić information content (AvgIpc) is 3.08. The molecule has 2 N–H and O–H groups in total. The zero-order valence-electron chi connectivity index (χ0n) is 9.93. The van der Waals surface area contributed by atoms with Crippen LogP contribution < -0.4 is 5.32 Å². The first-order chi connectivity index (χ1) is 9.33. The minimum atomic E-state index is 0.527. The summed E-state index contributed by atoms with van der Waals surface area (Å²) in [7, 11) is 0. The van der Waals surface area contributed by atoms with Crippen molar-refractivity contribution in [1.82, 2.24) is 15.2 Å². The third kappa shape index (κ3) is 2.61. The van der Waals surface area contributed by atoms with Crippen LogP contribution in [0.3, 0.4) is 0 Å². The summed E-state index contributed by atoms with van der Waals surface area (Å²) in [5.41, 5.74) is 0.884. The maximum absolute atomic E-state index is 6.13. The standard InChI is InChI=1S/C13H11ClN4O/c14-11-4-2-1-3-10(11)12-6-5-9(19-12)7-15-13-16-8-17-18-13/h1-6,8H,7H2,(H2,15,16,17,18). The van der Waals surface area contributed by atoms with Crippen LogP contribution >= 0.6 is 11.6 Å². The van der Waals surface area contributed by atoms with Crippen LogP contribution in [0, 0.1) is 0 Å². The number of rotatable bonds is 4. The molecule has 0 aliphatic rings. The van der Waals surface area contributed by atoms with Crippen molar-refractivity contribution in [3.8, 4) is 11.3 Å². The Morgan fingerprint density at radius 3 is 2.89 bits per heavy atom. The third-order valence-electron chi connectivity index (χ3n) is 2.65. The second-order valence-corrected chi connectivity index (χ2v) is 4.34. The van der Waals surface area contributed by atoms with Gasteiger partial charge in [0, 0.05) is 5.56 Å². The second kappa shape index (κ2) is 5.16. The summed E-state index contributed by atoms with van der Waals surface area (Å²) in [6.07, 6.45) is 1.44. The summed E-state index contributed by atoms with van der Waals surface area (Å²) in [5, 5.41) is 10.2. The van der Waals surface area contributed by atoms with E-state index in [0.717, 1.165) is 17.1 Å². The topological polar surface area (TPSA) is 66.7 Å². The Kier molecular flexibility index (Phi) is 3.20. The number of hydrogen-bond donors (Lipinski definition) is 2. The first kappa shape index (κ1) is 11.8. The Morgan fingerprint density at radius 2 is 2.11 bits per heavy atom. The summed E-state index contributed by atoms with van der Waals surface area (Å²) in [5.74, 6) is 2.15. The van der Waals surface area contributed by atoms with Crippen molar-refractivity contribution in [3.05, 3.63) is 53.5 Å². The van der Waals surface area contributed by atoms with E-state index in [1.807, 2.05) is 36.4 Å². The van der Waals surface area contributed by atoms with E-state index in [9.17, 15) is 0 Å². The number of nitrogens with one attached hydrogen (secondary N) is 2. The number of hydrogen-bond acceptors (Lipinski definition) is 4. The van der Waals surface area contributed by atoms with Crippen LogP contribution in [0.2, 0.25) is 5.02 Å². The van der Waals surface area contributed by atoms with Gasteiger partial charge in [-0.05, 0) is 24.3 Å². The first-order valence-corrected chi connectivity index (χ1v) is 6.13. The molecule has 0 saturated heterocycles. The van der Waals surface area contributed by atoms with Crippen LogP contribution in [0.5, 0.6) is 0 Å². The highest BCUT2D eigenvalue weighted by molar-refractivity contribution is 6.33. The largest absolute Gasteiger partial charge is 0.459 e. The lowest BCUT2D eigenvalue weighted by atomic mass is 10.2. The van der Waals surface area contributed by atoms with E-state index in [-0.39, 0.29) is 0 Å². The van der Waals surface area contributed by atoms with Gasteiger partial charge in [-0.3, -0.25) is 0 Å². The van der Waals surface area contributed by atoms with Crippen molar-refractivity contribution >= 4 is 17.5 Å². The number of benzene rings is 1. The van der Waals surface area contributed by atoms with E-state index in [1.165, 1.54) is 6.33 Å². The molecule has 3 rings (SSSR count). The fraction of sp³-hybridized carbons (Fsp3) is 0.0769. The summed E-state index contributed by atoms with van der Waals surface area (Å²) in [6.45, 7) is 0.527. The zero-order valence-corrected chi connectivity index (χ0v) is 10.7. The molecule has 0 atom stereocenters. The van der Waals surface area contributed by atoms with Gasteiger partial charge in [-0.2, -0.15) is 5.10 Å². The molecular weight excluding hydrogens is 264 g/mol. The molecule has 0 bridgehead atoms. The molecule has 19 heavy (non-hydrogen) atoms. The molecule has 96 valence electrons. The van der Waals surface area contributed by atoms with Crippen molar-refractivity contribution in [1.29, 1.82) is 0 Å². The van der Waals surface area contributed by atoms with Gasteiger partial charge < -0.3 is 9.73 Å². The lowest BCUT2D eigenvalue weighted by Crippen LogP contribution is -1.99. The predicted molar refractivity (Wildman–Crippen MR) is 72.9 cm³/mol. The summed E-state index contributed by atoms with van der Waals surface area (Å²) >= 11 is 6.13. The molecular formula is C13H11ClN4O. The fourth-order valence-electron chi connectivity index (χ4n) is 1.74. The number of aromatic nitrogens is 3. The second-order valence-electron chi connectivity index (χ2n) is 3.93. The van der Waals surface area contributed by atoms with Gasteiger partial charge in [0.25, 0.3) is 0 Å². The van der Waals surface area contributed by atoms with Crippen LogP contribution in [0.25, 0.3) is 11.3 Å². The summed E-state index contributed by atoms with van der Waals surface area (Å²) in [6, 6.07) is 11.4. The quantitative estimate of drug-likeness (QED) is 0.766. The molecule has 6 heteroatoms. The normalized spacial score (nSPS) is 10.6. The maximum atomic E-state index is 6.13. The highest BCUT2D eigenvalue weighted by Crippen LogP contribution is 2.29. The summed E-state index contributed by atoms with van der Waals surface area (Å²) in [4.78, 5) is 3.97. The first-order valence-electron chi connectivity index (χ1n) is 5.76. The smallest absolute Gasteiger partial charge is 0.218 e. The van der Waals surface area contributed by atoms with E-state index in [4.69, 9.17) is 16.0 Å². The molecule has 2 aromatic heterocycles. The van der Waals surface area contributed by atoms with Crippen molar-refractivity contribution in [2.75, 3.05) is 5.32 Å². The average molecular weight is 275 g/mol. The van der Waals surface area contributed by atoms with E-state index in [2.05, 4.69) is 20.5 Å². The number of anilines is 1. The minimum absolute atomic E-state index is 0.527. The van der Waals surface area contributed by atoms with Crippen LogP contribution in [0.4, 0.5) is 5.95 Å². The van der Waals surface area contributed by atoms with Gasteiger partial charge in [-0.25, -0.2) is 10.1 Å². The molecule has 0 aliphatic heterocycles. The summed E-state index contributed by atoms with van der Waals surface area (Å²) < 4.78 is 5.74. The van der Waals surface area contributed by atoms with Crippen molar-refractivity contribution in [2.24, 2.45) is 0 Å². The molecule has 0 aliphatic carbocycles. The van der Waals surface area contributed by atoms with Gasteiger partial charge in [0.05, 0.1) is 11.6 Å². The Bertz CT molecular complexity index is 663. The molecule has 2 heterocycles. The molecule has 0 fully saturated rings. The monoisotopic (exact) mass is 274 g/mol. The van der Waals surface area contributed by atoms with E-state index < -0.39 is 0 Å². The zero-order chi connectivity index (χ0) is 13.1. The molecule has 1 aromatic carbocycles. The molecule has 0 saturated carbocycles. The SMILES string of the molecule is Clc1ccccc1-c1ccc(CNc2ncn[nH]2)o1. The van der Waals surface area contributed by atoms with Gasteiger partial charge in [-0.1, -0.05) is 23.7 Å². The van der Waals surface area contributed by atoms with Crippen molar-refractivity contribution < 1.29 is 4.42 Å². The fourth-order valence-corrected chi connectivity index (χ4v) is 1.97. The van der Waals surface area contributed by atoms with Crippen molar-refractivity contribution in [3.63, 3.8) is 0 Å². The minimum Gasteiger partial charge on any atom is -0.459 e. The third-order valence-corrected chi connectivity index (χ3v) is 2.98. The van der Waals surface area contributed by atoms with Gasteiger partial charge in [0.1, 0.15) is 17.8 Å². The highest BCUT2D eigenvalue weighted by Gasteiger charge is 2.08. The molecule has 0 radical (unpaired) electrons. The van der Waals surface area contributed by atoms with Crippen LogP contribution in [-0.4, -0.2) is 15.2 Å². The van der Waals surface area contributed by atoms with Crippen molar-refractivity contribution in [2.45, 2.75) is 6.54 Å².